The number of aliphatic carboxylic acids is 1. The molecule has 0 aromatic heterocycles. The predicted octanol–water partition coefficient (Wildman–Crippen LogP) is 3.15. The molecule has 0 saturated heterocycles. The van der Waals surface area contributed by atoms with Gasteiger partial charge in [0.1, 0.15) is 6.04 Å². The molecule has 0 fully saturated rings. The van der Waals surface area contributed by atoms with Crippen molar-refractivity contribution < 1.29 is 9.90 Å². The van der Waals surface area contributed by atoms with E-state index in [1.807, 2.05) is 50.2 Å². The molecule has 2 aromatic carbocycles. The Kier molecular flexibility index (Phi) is 4.50. The number of hydrogen-bond donors (Lipinski definition) is 2. The van der Waals surface area contributed by atoms with Crippen molar-refractivity contribution in [2.24, 2.45) is 5.73 Å². The molecule has 0 spiro atoms. The Morgan fingerprint density at radius 2 is 1.67 bits per heavy atom. The van der Waals surface area contributed by atoms with Crippen LogP contribution in [0.4, 0.5) is 0 Å². The van der Waals surface area contributed by atoms with Crippen LogP contribution < -0.4 is 5.73 Å². The van der Waals surface area contributed by atoms with Gasteiger partial charge in [0.05, 0.1) is 4.86 Å². The van der Waals surface area contributed by atoms with Crippen molar-refractivity contribution >= 4 is 23.1 Å². The highest BCUT2D eigenvalue weighted by Gasteiger charge is 2.18. The van der Waals surface area contributed by atoms with Crippen LogP contribution in [0, 0.1) is 13.8 Å². The van der Waals surface area contributed by atoms with E-state index in [2.05, 4.69) is 0 Å². The van der Waals surface area contributed by atoms with Crippen LogP contribution >= 0.6 is 12.2 Å². The van der Waals surface area contributed by atoms with Gasteiger partial charge in [-0.15, -0.1) is 0 Å². The quantitative estimate of drug-likeness (QED) is 0.672. The van der Waals surface area contributed by atoms with Gasteiger partial charge in [-0.25, -0.2) is 0 Å². The standard InChI is InChI=1S/C17H17NO2S/c1-10-3-6-12(7-4-10)16(21)13-8-5-11(2)14(9-13)15(18)17(19)20/h3-9,15H,18H2,1-2H3,(H,19,20). The molecule has 1 unspecified atom stereocenters. The third kappa shape index (κ3) is 3.35. The Labute approximate surface area is 129 Å². The summed E-state index contributed by atoms with van der Waals surface area (Å²) in [6.07, 6.45) is 0. The van der Waals surface area contributed by atoms with Crippen LogP contribution in [0.5, 0.6) is 0 Å². The van der Waals surface area contributed by atoms with Crippen LogP contribution in [0.3, 0.4) is 0 Å². The number of carboxylic acids is 1. The van der Waals surface area contributed by atoms with Gasteiger partial charge >= 0.3 is 5.97 Å². The van der Waals surface area contributed by atoms with Crippen LogP contribution in [0.1, 0.15) is 33.9 Å². The molecule has 0 radical (unpaired) electrons. The topological polar surface area (TPSA) is 63.3 Å². The minimum atomic E-state index is -1.04. The van der Waals surface area contributed by atoms with Gasteiger partial charge in [-0.1, -0.05) is 54.2 Å². The normalized spacial score (nSPS) is 12.0. The highest BCUT2D eigenvalue weighted by Crippen LogP contribution is 2.21. The molecule has 1 atom stereocenters. The van der Waals surface area contributed by atoms with E-state index in [-0.39, 0.29) is 0 Å². The maximum atomic E-state index is 11.1. The Hall–Kier alpha value is -2.04. The fourth-order valence-corrected chi connectivity index (χ4v) is 2.38. The SMILES string of the molecule is Cc1ccc(C(=S)c2ccc(C)c(C(N)C(=O)O)c2)cc1. The summed E-state index contributed by atoms with van der Waals surface area (Å²) >= 11 is 5.50. The maximum Gasteiger partial charge on any atom is 0.325 e. The summed E-state index contributed by atoms with van der Waals surface area (Å²) in [5, 5.41) is 9.08. The summed E-state index contributed by atoms with van der Waals surface area (Å²) in [5.41, 5.74) is 10.1. The molecule has 3 nitrogen and oxygen atoms in total. The highest BCUT2D eigenvalue weighted by molar-refractivity contribution is 7.81. The van der Waals surface area contributed by atoms with Crippen molar-refractivity contribution in [3.05, 3.63) is 70.3 Å². The molecule has 4 heteroatoms. The lowest BCUT2D eigenvalue weighted by atomic mass is 9.95. The van der Waals surface area contributed by atoms with Crippen molar-refractivity contribution in [2.45, 2.75) is 19.9 Å². The molecule has 3 N–H and O–H groups in total. The van der Waals surface area contributed by atoms with Crippen molar-refractivity contribution in [1.29, 1.82) is 0 Å². The Bertz CT molecular complexity index is 692. The molecule has 0 heterocycles. The first-order valence-corrected chi connectivity index (χ1v) is 7.01. The molecule has 2 rings (SSSR count). The van der Waals surface area contributed by atoms with Crippen molar-refractivity contribution in [3.8, 4) is 0 Å². The summed E-state index contributed by atoms with van der Waals surface area (Å²) in [4.78, 5) is 11.8. The largest absolute Gasteiger partial charge is 0.480 e. The number of thiocarbonyl (C=S) groups is 1. The average Bonchev–Trinajstić information content (AvgIpc) is 2.47. The van der Waals surface area contributed by atoms with Gasteiger partial charge < -0.3 is 10.8 Å². The summed E-state index contributed by atoms with van der Waals surface area (Å²) in [6, 6.07) is 12.4. The van der Waals surface area contributed by atoms with Crippen LogP contribution in [-0.2, 0) is 4.79 Å². The molecule has 0 saturated carbocycles. The van der Waals surface area contributed by atoms with E-state index in [0.29, 0.717) is 10.4 Å². The summed E-state index contributed by atoms with van der Waals surface area (Å²) in [6.45, 7) is 3.86. The number of benzene rings is 2. The molecule has 0 bridgehead atoms. The van der Waals surface area contributed by atoms with Crippen molar-refractivity contribution in [2.75, 3.05) is 0 Å². The summed E-state index contributed by atoms with van der Waals surface area (Å²) < 4.78 is 0. The first-order chi connectivity index (χ1) is 9.90. The second-order valence-electron chi connectivity index (χ2n) is 5.08. The third-order valence-corrected chi connectivity index (χ3v) is 3.93. The van der Waals surface area contributed by atoms with E-state index in [9.17, 15) is 4.79 Å². The van der Waals surface area contributed by atoms with Crippen LogP contribution in [0.25, 0.3) is 0 Å². The molecule has 0 aliphatic heterocycles. The number of aryl methyl sites for hydroxylation is 2. The van der Waals surface area contributed by atoms with E-state index < -0.39 is 12.0 Å². The molecule has 2 aromatic rings. The van der Waals surface area contributed by atoms with E-state index in [0.717, 1.165) is 16.7 Å². The number of rotatable bonds is 4. The van der Waals surface area contributed by atoms with Crippen LogP contribution in [0.2, 0.25) is 0 Å². The van der Waals surface area contributed by atoms with Gasteiger partial charge in [-0.05, 0) is 42.2 Å². The summed E-state index contributed by atoms with van der Waals surface area (Å²) in [7, 11) is 0. The zero-order valence-corrected chi connectivity index (χ0v) is 12.8. The van der Waals surface area contributed by atoms with Crippen LogP contribution in [-0.4, -0.2) is 15.9 Å². The Morgan fingerprint density at radius 1 is 1.10 bits per heavy atom. The number of nitrogens with two attached hydrogens (primary N) is 1. The monoisotopic (exact) mass is 299 g/mol. The van der Waals surface area contributed by atoms with E-state index in [1.54, 1.807) is 6.07 Å². The van der Waals surface area contributed by atoms with Gasteiger partial charge in [0.2, 0.25) is 0 Å². The Balaban J connectivity index is 2.41. The molecular weight excluding hydrogens is 282 g/mol. The lowest BCUT2D eigenvalue weighted by Gasteiger charge is -2.13. The lowest BCUT2D eigenvalue weighted by Crippen LogP contribution is -2.22. The first kappa shape index (κ1) is 15.4. The van der Waals surface area contributed by atoms with Gasteiger partial charge in [0.15, 0.2) is 0 Å². The second-order valence-corrected chi connectivity index (χ2v) is 5.49. The van der Waals surface area contributed by atoms with Crippen molar-refractivity contribution in [1.82, 2.24) is 0 Å². The first-order valence-electron chi connectivity index (χ1n) is 6.60. The number of carbonyl (C=O) groups is 1. The number of carboxylic acid groups (broad SMARTS) is 1. The van der Waals surface area contributed by atoms with E-state index in [1.165, 1.54) is 5.56 Å². The van der Waals surface area contributed by atoms with Crippen LogP contribution in [0.15, 0.2) is 42.5 Å². The fraction of sp³-hybridized carbons (Fsp3) is 0.176. The molecule has 21 heavy (non-hydrogen) atoms. The van der Waals surface area contributed by atoms with Gasteiger partial charge in [-0.2, -0.15) is 0 Å². The molecular formula is C17H17NO2S. The zero-order valence-electron chi connectivity index (χ0n) is 12.0. The average molecular weight is 299 g/mol. The van der Waals surface area contributed by atoms with Crippen molar-refractivity contribution in [3.63, 3.8) is 0 Å². The maximum absolute atomic E-state index is 11.1. The molecule has 0 amide bonds. The molecule has 0 aliphatic rings. The molecule has 108 valence electrons. The van der Waals surface area contributed by atoms with E-state index in [4.69, 9.17) is 23.1 Å². The summed E-state index contributed by atoms with van der Waals surface area (Å²) in [5.74, 6) is -1.04. The highest BCUT2D eigenvalue weighted by atomic mass is 32.1. The van der Waals surface area contributed by atoms with Gasteiger partial charge in [-0.3, -0.25) is 4.79 Å². The predicted molar refractivity (Wildman–Crippen MR) is 87.7 cm³/mol. The van der Waals surface area contributed by atoms with Gasteiger partial charge in [0.25, 0.3) is 0 Å². The Morgan fingerprint density at radius 3 is 2.24 bits per heavy atom. The minimum absolute atomic E-state index is 0.592. The third-order valence-electron chi connectivity index (χ3n) is 3.46. The minimum Gasteiger partial charge on any atom is -0.480 e. The molecule has 0 aliphatic carbocycles. The van der Waals surface area contributed by atoms with Gasteiger partial charge in [0, 0.05) is 0 Å². The second kappa shape index (κ2) is 6.16. The smallest absolute Gasteiger partial charge is 0.325 e. The zero-order chi connectivity index (χ0) is 15.6. The fourth-order valence-electron chi connectivity index (χ4n) is 2.12. The number of hydrogen-bond acceptors (Lipinski definition) is 3. The van der Waals surface area contributed by atoms with E-state index >= 15 is 0 Å². The lowest BCUT2D eigenvalue weighted by molar-refractivity contribution is -0.138.